The van der Waals surface area contributed by atoms with Crippen LogP contribution in [0.4, 0.5) is 0 Å². The summed E-state index contributed by atoms with van der Waals surface area (Å²) in [6.07, 6.45) is 1.64. The normalized spacial score (nSPS) is 11.9. The molecule has 1 N–H and O–H groups in total. The van der Waals surface area contributed by atoms with E-state index >= 15 is 0 Å². The van der Waals surface area contributed by atoms with Gasteiger partial charge in [-0.3, -0.25) is 4.98 Å². The van der Waals surface area contributed by atoms with Crippen LogP contribution in [0.1, 0.15) is 31.3 Å². The van der Waals surface area contributed by atoms with Gasteiger partial charge in [0.05, 0.1) is 23.0 Å². The zero-order chi connectivity index (χ0) is 15.5. The van der Waals surface area contributed by atoms with Crippen LogP contribution in [0.3, 0.4) is 0 Å². The summed E-state index contributed by atoms with van der Waals surface area (Å²) in [5.41, 5.74) is 1.86. The minimum atomic E-state index is 0.0625. The molecule has 114 valence electrons. The molecule has 0 spiro atoms. The summed E-state index contributed by atoms with van der Waals surface area (Å²) in [6.45, 7) is 7.71. The maximum atomic E-state index is 5.88. The van der Waals surface area contributed by atoms with Crippen molar-refractivity contribution < 1.29 is 4.74 Å². The number of nitrogens with zero attached hydrogens (tertiary/aromatic N) is 2. The molecule has 0 amide bonds. The molecule has 2 rings (SSSR count). The number of nitrogens with one attached hydrogen (secondary N) is 1. The Morgan fingerprint density at radius 3 is 2.67 bits per heavy atom. The van der Waals surface area contributed by atoms with Crippen LogP contribution in [0.15, 0.2) is 18.3 Å². The molecule has 0 bridgehead atoms. The maximum Gasteiger partial charge on any atom is 0.142 e. The van der Waals surface area contributed by atoms with Crippen molar-refractivity contribution in [1.82, 2.24) is 15.3 Å². The van der Waals surface area contributed by atoms with Crippen molar-refractivity contribution in [1.29, 1.82) is 0 Å². The third-order valence-electron chi connectivity index (χ3n) is 2.79. The largest absolute Gasteiger partial charge is 0.378 e. The quantitative estimate of drug-likeness (QED) is 0.906. The van der Waals surface area contributed by atoms with Crippen LogP contribution < -0.4 is 5.32 Å². The average molecular weight is 326 g/mol. The van der Waals surface area contributed by atoms with Gasteiger partial charge in [-0.15, -0.1) is 11.3 Å². The van der Waals surface area contributed by atoms with E-state index in [-0.39, 0.29) is 5.54 Å². The molecule has 0 fully saturated rings. The molecule has 0 aliphatic rings. The Kier molecular flexibility index (Phi) is 5.32. The van der Waals surface area contributed by atoms with E-state index in [0.717, 1.165) is 22.9 Å². The highest BCUT2D eigenvalue weighted by Gasteiger charge is 2.16. The lowest BCUT2D eigenvalue weighted by Crippen LogP contribution is -2.35. The van der Waals surface area contributed by atoms with Gasteiger partial charge in [-0.05, 0) is 32.9 Å². The van der Waals surface area contributed by atoms with Gasteiger partial charge in [-0.1, -0.05) is 11.6 Å². The van der Waals surface area contributed by atoms with Crippen molar-refractivity contribution in [2.45, 2.75) is 39.5 Å². The van der Waals surface area contributed by atoms with Crippen LogP contribution in [0, 0.1) is 0 Å². The van der Waals surface area contributed by atoms with Crippen molar-refractivity contribution in [2.24, 2.45) is 0 Å². The number of hydrogen-bond acceptors (Lipinski definition) is 5. The van der Waals surface area contributed by atoms with Crippen molar-refractivity contribution in [3.8, 4) is 10.7 Å². The summed E-state index contributed by atoms with van der Waals surface area (Å²) in [7, 11) is 1.68. The molecule has 2 aromatic rings. The lowest BCUT2D eigenvalue weighted by atomic mass is 10.1. The third-order valence-corrected chi connectivity index (χ3v) is 4.13. The average Bonchev–Trinajstić information content (AvgIpc) is 2.80. The summed E-state index contributed by atoms with van der Waals surface area (Å²) in [5.74, 6) is 0. The van der Waals surface area contributed by atoms with Gasteiger partial charge in [0.2, 0.25) is 0 Å². The highest BCUT2D eigenvalue weighted by Crippen LogP contribution is 2.28. The second-order valence-corrected chi connectivity index (χ2v) is 7.31. The van der Waals surface area contributed by atoms with Crippen LogP contribution in [0.5, 0.6) is 0 Å². The molecule has 0 saturated heterocycles. The van der Waals surface area contributed by atoms with Gasteiger partial charge in [-0.2, -0.15) is 0 Å². The summed E-state index contributed by atoms with van der Waals surface area (Å²) < 4.78 is 5.24. The van der Waals surface area contributed by atoms with Crippen molar-refractivity contribution in [3.05, 3.63) is 33.9 Å². The van der Waals surface area contributed by atoms with Crippen LogP contribution in [-0.4, -0.2) is 22.6 Å². The fourth-order valence-electron chi connectivity index (χ4n) is 1.73. The minimum Gasteiger partial charge on any atom is -0.378 e. The SMILES string of the molecule is COCc1nc(-c2ccc(Cl)cn2)sc1CNC(C)(C)C. The number of methoxy groups -OCH3 is 1. The van der Waals surface area contributed by atoms with Crippen LogP contribution in [-0.2, 0) is 17.9 Å². The van der Waals surface area contributed by atoms with Crippen LogP contribution in [0.25, 0.3) is 10.7 Å². The molecule has 6 heteroatoms. The highest BCUT2D eigenvalue weighted by molar-refractivity contribution is 7.15. The molecule has 0 aromatic carbocycles. The minimum absolute atomic E-state index is 0.0625. The molecular formula is C15H20ClN3OS. The lowest BCUT2D eigenvalue weighted by molar-refractivity contribution is 0.181. The Bertz CT molecular complexity index is 590. The van der Waals surface area contributed by atoms with Gasteiger partial charge in [-0.25, -0.2) is 4.98 Å². The van der Waals surface area contributed by atoms with E-state index in [0.29, 0.717) is 11.6 Å². The topological polar surface area (TPSA) is 47.0 Å². The fourth-order valence-corrected chi connectivity index (χ4v) is 2.82. The molecule has 0 aliphatic heterocycles. The summed E-state index contributed by atoms with van der Waals surface area (Å²) in [4.78, 5) is 10.2. The summed E-state index contributed by atoms with van der Waals surface area (Å²) >= 11 is 7.52. The van der Waals surface area contributed by atoms with Gasteiger partial charge in [0.25, 0.3) is 0 Å². The van der Waals surface area contributed by atoms with Gasteiger partial charge < -0.3 is 10.1 Å². The zero-order valence-electron chi connectivity index (χ0n) is 12.7. The molecule has 0 aliphatic carbocycles. The van der Waals surface area contributed by atoms with Crippen molar-refractivity contribution in [3.63, 3.8) is 0 Å². The van der Waals surface area contributed by atoms with E-state index in [1.54, 1.807) is 24.6 Å². The monoisotopic (exact) mass is 325 g/mol. The lowest BCUT2D eigenvalue weighted by Gasteiger charge is -2.20. The number of pyridine rings is 1. The fraction of sp³-hybridized carbons (Fsp3) is 0.467. The summed E-state index contributed by atoms with van der Waals surface area (Å²) in [6, 6.07) is 3.72. The third kappa shape index (κ3) is 4.74. The zero-order valence-corrected chi connectivity index (χ0v) is 14.3. The Balaban J connectivity index is 2.25. The van der Waals surface area contributed by atoms with Crippen molar-refractivity contribution >= 4 is 22.9 Å². The smallest absolute Gasteiger partial charge is 0.142 e. The van der Waals surface area contributed by atoms with Gasteiger partial charge in [0.15, 0.2) is 0 Å². The molecule has 2 aromatic heterocycles. The molecule has 4 nitrogen and oxygen atoms in total. The first-order chi connectivity index (χ1) is 9.89. The van der Waals surface area contributed by atoms with Gasteiger partial charge in [0, 0.05) is 30.3 Å². The van der Waals surface area contributed by atoms with Crippen LogP contribution >= 0.6 is 22.9 Å². The Hall–Kier alpha value is -1.01. The van der Waals surface area contributed by atoms with E-state index in [4.69, 9.17) is 16.3 Å². The standard InChI is InChI=1S/C15H20ClN3OS/c1-15(2,3)18-8-13-12(9-20-4)19-14(21-13)11-6-5-10(16)7-17-11/h5-7,18H,8-9H2,1-4H3. The van der Waals surface area contributed by atoms with Crippen LogP contribution in [0.2, 0.25) is 5.02 Å². The van der Waals surface area contributed by atoms with E-state index in [1.807, 2.05) is 12.1 Å². The Morgan fingerprint density at radius 2 is 2.10 bits per heavy atom. The molecule has 0 saturated carbocycles. The molecule has 0 atom stereocenters. The number of hydrogen-bond donors (Lipinski definition) is 1. The molecule has 0 unspecified atom stereocenters. The first-order valence-electron chi connectivity index (χ1n) is 6.73. The molecule has 21 heavy (non-hydrogen) atoms. The number of aromatic nitrogens is 2. The first kappa shape index (κ1) is 16.4. The number of rotatable bonds is 5. The second-order valence-electron chi connectivity index (χ2n) is 5.79. The first-order valence-corrected chi connectivity index (χ1v) is 7.93. The van der Waals surface area contributed by atoms with Crippen molar-refractivity contribution in [2.75, 3.05) is 7.11 Å². The molecule has 0 radical (unpaired) electrons. The van der Waals surface area contributed by atoms with E-state index in [2.05, 4.69) is 36.1 Å². The predicted molar refractivity (Wildman–Crippen MR) is 87.7 cm³/mol. The van der Waals surface area contributed by atoms with Gasteiger partial charge >= 0.3 is 0 Å². The molecule has 2 heterocycles. The Labute approximate surface area is 134 Å². The maximum absolute atomic E-state index is 5.88. The molecular weight excluding hydrogens is 306 g/mol. The number of thiazole rings is 1. The Morgan fingerprint density at radius 1 is 1.33 bits per heavy atom. The van der Waals surface area contributed by atoms with E-state index in [1.165, 1.54) is 4.88 Å². The van der Waals surface area contributed by atoms with E-state index < -0.39 is 0 Å². The second kappa shape index (κ2) is 6.83. The van der Waals surface area contributed by atoms with Gasteiger partial charge in [0.1, 0.15) is 5.01 Å². The highest BCUT2D eigenvalue weighted by atomic mass is 35.5. The number of ether oxygens (including phenoxy) is 1. The van der Waals surface area contributed by atoms with E-state index in [9.17, 15) is 0 Å². The summed E-state index contributed by atoms with van der Waals surface area (Å²) in [5, 5.41) is 5.00. The predicted octanol–water partition coefficient (Wildman–Crippen LogP) is 3.89. The number of halogens is 1.